The van der Waals surface area contributed by atoms with E-state index in [0.29, 0.717) is 6.54 Å². The zero-order valence-electron chi connectivity index (χ0n) is 13.4. The molecule has 130 valence electrons. The van der Waals surface area contributed by atoms with Gasteiger partial charge in [-0.3, -0.25) is 9.59 Å². The van der Waals surface area contributed by atoms with Gasteiger partial charge < -0.3 is 20.1 Å². The summed E-state index contributed by atoms with van der Waals surface area (Å²) >= 11 is 0. The van der Waals surface area contributed by atoms with Gasteiger partial charge >= 0.3 is 11.9 Å². The fraction of sp³-hybridized carbons (Fsp3) is 0.500. The first-order valence-electron chi connectivity index (χ1n) is 8.01. The van der Waals surface area contributed by atoms with E-state index in [1.807, 2.05) is 16.8 Å². The Balaban J connectivity index is 1.62. The van der Waals surface area contributed by atoms with Gasteiger partial charge in [0.1, 0.15) is 6.04 Å². The second-order valence-electron chi connectivity index (χ2n) is 5.67. The van der Waals surface area contributed by atoms with E-state index in [9.17, 15) is 9.59 Å². The Hall–Kier alpha value is -2.48. The highest BCUT2D eigenvalue weighted by Crippen LogP contribution is 2.15. The lowest BCUT2D eigenvalue weighted by molar-refractivity contribution is -0.140. The van der Waals surface area contributed by atoms with Crippen LogP contribution in [0.15, 0.2) is 24.8 Å². The summed E-state index contributed by atoms with van der Waals surface area (Å²) in [6.45, 7) is 1.40. The van der Waals surface area contributed by atoms with Crippen LogP contribution in [-0.4, -0.2) is 49.3 Å². The first kappa shape index (κ1) is 17.9. The third-order valence-electron chi connectivity index (χ3n) is 3.77. The van der Waals surface area contributed by atoms with Gasteiger partial charge in [0.2, 0.25) is 0 Å². The smallest absolute Gasteiger partial charge is 0.320 e. The fourth-order valence-corrected chi connectivity index (χ4v) is 2.46. The Labute approximate surface area is 139 Å². The number of hydrogen-bond acceptors (Lipinski definition) is 5. The number of nitrogens with one attached hydrogen (secondary N) is 1. The third-order valence-corrected chi connectivity index (χ3v) is 3.77. The van der Waals surface area contributed by atoms with Crippen molar-refractivity contribution in [3.8, 4) is 11.4 Å². The van der Waals surface area contributed by atoms with Crippen LogP contribution in [0.2, 0.25) is 0 Å². The summed E-state index contributed by atoms with van der Waals surface area (Å²) in [5.74, 6) is -1.24. The molecular weight excluding hydrogens is 312 g/mol. The van der Waals surface area contributed by atoms with Crippen LogP contribution in [0.1, 0.15) is 32.1 Å². The Morgan fingerprint density at radius 3 is 2.79 bits per heavy atom. The van der Waals surface area contributed by atoms with Crippen molar-refractivity contribution in [3.63, 3.8) is 0 Å². The lowest BCUT2D eigenvalue weighted by Crippen LogP contribution is -2.37. The topological polar surface area (TPSA) is 117 Å². The van der Waals surface area contributed by atoms with Gasteiger partial charge in [0.25, 0.3) is 0 Å². The van der Waals surface area contributed by atoms with Gasteiger partial charge in [-0.25, -0.2) is 9.97 Å². The van der Waals surface area contributed by atoms with Gasteiger partial charge in [0.05, 0.1) is 6.33 Å². The van der Waals surface area contributed by atoms with Crippen LogP contribution in [-0.2, 0) is 16.1 Å². The van der Waals surface area contributed by atoms with Crippen LogP contribution in [0.5, 0.6) is 0 Å². The third kappa shape index (κ3) is 5.62. The predicted molar refractivity (Wildman–Crippen MR) is 86.8 cm³/mol. The van der Waals surface area contributed by atoms with Gasteiger partial charge in [-0.2, -0.15) is 0 Å². The molecule has 2 aliphatic rings. The molecule has 0 aromatic heterocycles. The number of aromatic nitrogens is 3. The Morgan fingerprint density at radius 1 is 1.21 bits per heavy atom. The second kappa shape index (κ2) is 8.97. The standard InChI is InChI=1S/C16H22N4O4/c21-14(22)5-4-13(16(23)24)17-7-2-1-3-9-20-10-12-6-8-18-15(12)19-11-20/h6,8,10-11,13,17H,1-5,7,9H2,(H,21,22)(H,23,24)/t13-/m0/s1. The fourth-order valence-electron chi connectivity index (χ4n) is 2.46. The van der Waals surface area contributed by atoms with Gasteiger partial charge in [-0.15, -0.1) is 0 Å². The molecule has 0 spiro atoms. The highest BCUT2D eigenvalue weighted by Gasteiger charge is 2.17. The highest BCUT2D eigenvalue weighted by molar-refractivity contribution is 5.75. The van der Waals surface area contributed by atoms with Crippen LogP contribution in [0.25, 0.3) is 11.4 Å². The van der Waals surface area contributed by atoms with E-state index in [2.05, 4.69) is 15.3 Å². The summed E-state index contributed by atoms with van der Waals surface area (Å²) < 4.78 is 2.02. The molecule has 0 saturated heterocycles. The number of carbonyl (C=O) groups is 2. The minimum atomic E-state index is -1.01. The van der Waals surface area contributed by atoms with Gasteiger partial charge in [-0.1, -0.05) is 6.42 Å². The van der Waals surface area contributed by atoms with Crippen LogP contribution >= 0.6 is 0 Å². The summed E-state index contributed by atoms with van der Waals surface area (Å²) in [5.41, 5.74) is 1.02. The molecule has 0 fully saturated rings. The number of rotatable bonds is 11. The van der Waals surface area contributed by atoms with Crippen molar-refractivity contribution < 1.29 is 19.8 Å². The number of fused-ring (bicyclic) bond motifs is 1. The number of unbranched alkanes of at least 4 members (excludes halogenated alkanes) is 2. The van der Waals surface area contributed by atoms with Crippen LogP contribution in [0, 0.1) is 0 Å². The number of hydrogen-bond donors (Lipinski definition) is 3. The molecule has 0 aromatic rings. The summed E-state index contributed by atoms with van der Waals surface area (Å²) in [7, 11) is 0. The molecule has 0 unspecified atom stereocenters. The van der Waals surface area contributed by atoms with Crippen LogP contribution < -0.4 is 5.32 Å². The zero-order valence-corrected chi connectivity index (χ0v) is 13.4. The molecule has 24 heavy (non-hydrogen) atoms. The molecule has 3 N–H and O–H groups in total. The lowest BCUT2D eigenvalue weighted by atomic mass is 10.1. The molecule has 0 bridgehead atoms. The van der Waals surface area contributed by atoms with Gasteiger partial charge in [-0.05, 0) is 31.9 Å². The Bertz CT molecular complexity index is 643. The maximum Gasteiger partial charge on any atom is 0.320 e. The average Bonchev–Trinajstić information content (AvgIpc) is 3.00. The van der Waals surface area contributed by atoms with Gasteiger partial charge in [0.15, 0.2) is 5.82 Å². The number of aryl methyl sites for hydroxylation is 1. The Kier molecular flexibility index (Phi) is 6.68. The summed E-state index contributed by atoms with van der Waals surface area (Å²) in [6.07, 6.45) is 8.21. The minimum Gasteiger partial charge on any atom is -0.481 e. The number of carboxylic acids is 2. The molecule has 8 nitrogen and oxygen atoms in total. The van der Waals surface area contributed by atoms with Gasteiger partial charge in [0, 0.05) is 30.9 Å². The van der Waals surface area contributed by atoms with E-state index < -0.39 is 18.0 Å². The van der Waals surface area contributed by atoms with Crippen molar-refractivity contribution in [1.82, 2.24) is 19.9 Å². The summed E-state index contributed by atoms with van der Waals surface area (Å²) in [4.78, 5) is 29.9. The quantitative estimate of drug-likeness (QED) is 0.532. The van der Waals surface area contributed by atoms with Crippen LogP contribution in [0.4, 0.5) is 0 Å². The van der Waals surface area contributed by atoms with Crippen molar-refractivity contribution in [2.75, 3.05) is 6.54 Å². The summed E-state index contributed by atoms with van der Waals surface area (Å²) in [5, 5.41) is 20.6. The van der Waals surface area contributed by atoms with E-state index in [0.717, 1.165) is 37.2 Å². The minimum absolute atomic E-state index is 0.0971. The molecule has 1 atom stereocenters. The maximum atomic E-state index is 11.0. The monoisotopic (exact) mass is 334 g/mol. The number of aliphatic carboxylic acids is 2. The van der Waals surface area contributed by atoms with Crippen LogP contribution in [0.3, 0.4) is 0 Å². The molecule has 0 aromatic carbocycles. The normalized spacial score (nSPS) is 12.3. The van der Waals surface area contributed by atoms with E-state index >= 15 is 0 Å². The first-order chi connectivity index (χ1) is 11.6. The Morgan fingerprint density at radius 2 is 2.04 bits per heavy atom. The molecular formula is C16H22N4O4. The van der Waals surface area contributed by atoms with E-state index in [1.165, 1.54) is 0 Å². The second-order valence-corrected chi connectivity index (χ2v) is 5.67. The predicted octanol–water partition coefficient (Wildman–Crippen LogP) is 1.46. The lowest BCUT2D eigenvalue weighted by Gasteiger charge is -2.13. The molecule has 0 radical (unpaired) electrons. The molecule has 0 aliphatic carbocycles. The highest BCUT2D eigenvalue weighted by atomic mass is 16.4. The SMILES string of the molecule is O=C(O)CC[C@H](NCCCCCn1cnc2nccc-2c1)C(=O)O. The van der Waals surface area contributed by atoms with Crippen molar-refractivity contribution in [3.05, 3.63) is 24.8 Å². The average molecular weight is 334 g/mol. The molecule has 0 saturated carbocycles. The zero-order chi connectivity index (χ0) is 17.4. The molecule has 8 heteroatoms. The number of nitrogens with zero attached hydrogens (tertiary/aromatic N) is 3. The van der Waals surface area contributed by atoms with Crippen molar-refractivity contribution in [1.29, 1.82) is 0 Å². The van der Waals surface area contributed by atoms with Crippen molar-refractivity contribution in [2.24, 2.45) is 0 Å². The molecule has 0 amide bonds. The van der Waals surface area contributed by atoms with E-state index in [4.69, 9.17) is 10.2 Å². The maximum absolute atomic E-state index is 11.0. The largest absolute Gasteiger partial charge is 0.481 e. The van der Waals surface area contributed by atoms with Crippen molar-refractivity contribution >= 4 is 11.9 Å². The molecule has 2 aliphatic heterocycles. The first-order valence-corrected chi connectivity index (χ1v) is 8.01. The molecule has 2 heterocycles. The summed E-state index contributed by atoms with van der Waals surface area (Å²) in [6, 6.07) is 1.12. The van der Waals surface area contributed by atoms with E-state index in [-0.39, 0.29) is 12.8 Å². The molecule has 2 rings (SSSR count). The van der Waals surface area contributed by atoms with Crippen molar-refractivity contribution in [2.45, 2.75) is 44.7 Å². The number of carboxylic acid groups (broad SMARTS) is 2. The van der Waals surface area contributed by atoms with E-state index in [1.54, 1.807) is 12.5 Å².